The van der Waals surface area contributed by atoms with Crippen LogP contribution in [0.4, 0.5) is 5.69 Å². The lowest BCUT2D eigenvalue weighted by Gasteiger charge is -2.08. The summed E-state index contributed by atoms with van der Waals surface area (Å²) in [7, 11) is 1.29. The average molecular weight is 316 g/mol. The maximum absolute atomic E-state index is 12.3. The molecule has 0 aliphatic rings. The zero-order valence-electron chi connectivity index (χ0n) is 11.9. The standard InChI is InChI=1S/C14H12N4O3S/c1-8-17-18-7-11(16-14(18)22-8)12(19)15-10-6-4-3-5-9(10)13(20)21-2/h3-7H,1-2H3,(H,15,19). The van der Waals surface area contributed by atoms with Gasteiger partial charge in [-0.15, -0.1) is 0 Å². The topological polar surface area (TPSA) is 85.6 Å². The third kappa shape index (κ3) is 2.56. The molecule has 2 aromatic heterocycles. The number of methoxy groups -OCH3 is 1. The zero-order valence-corrected chi connectivity index (χ0v) is 12.7. The Morgan fingerprint density at radius 3 is 2.82 bits per heavy atom. The molecule has 22 heavy (non-hydrogen) atoms. The molecule has 8 heteroatoms. The van der Waals surface area contributed by atoms with Gasteiger partial charge in [-0.2, -0.15) is 5.10 Å². The van der Waals surface area contributed by atoms with Crippen LogP contribution in [0.3, 0.4) is 0 Å². The predicted molar refractivity (Wildman–Crippen MR) is 81.3 cm³/mol. The summed E-state index contributed by atoms with van der Waals surface area (Å²) in [5, 5.41) is 7.74. The van der Waals surface area contributed by atoms with Gasteiger partial charge in [0.2, 0.25) is 4.96 Å². The van der Waals surface area contributed by atoms with E-state index in [1.807, 2.05) is 6.92 Å². The molecule has 0 fully saturated rings. The highest BCUT2D eigenvalue weighted by Gasteiger charge is 2.17. The van der Waals surface area contributed by atoms with Gasteiger partial charge in [0.1, 0.15) is 10.7 Å². The van der Waals surface area contributed by atoms with Crippen molar-refractivity contribution in [3.8, 4) is 0 Å². The lowest BCUT2D eigenvalue weighted by Crippen LogP contribution is -2.15. The number of carbonyl (C=O) groups is 2. The molecule has 0 saturated carbocycles. The number of nitrogens with zero attached hydrogens (tertiary/aromatic N) is 3. The van der Waals surface area contributed by atoms with E-state index in [2.05, 4.69) is 15.4 Å². The second-order valence-corrected chi connectivity index (χ2v) is 5.63. The quantitative estimate of drug-likeness (QED) is 0.748. The molecule has 3 aromatic rings. The first-order chi connectivity index (χ1) is 10.6. The molecule has 0 aliphatic carbocycles. The maximum atomic E-state index is 12.3. The van der Waals surface area contributed by atoms with E-state index in [-0.39, 0.29) is 11.3 Å². The molecule has 2 heterocycles. The average Bonchev–Trinajstić information content (AvgIpc) is 3.04. The first-order valence-electron chi connectivity index (χ1n) is 6.40. The number of hydrogen-bond donors (Lipinski definition) is 1. The van der Waals surface area contributed by atoms with Crippen molar-refractivity contribution in [2.24, 2.45) is 0 Å². The fourth-order valence-corrected chi connectivity index (χ4v) is 2.70. The Morgan fingerprint density at radius 1 is 1.32 bits per heavy atom. The summed E-state index contributed by atoms with van der Waals surface area (Å²) in [6, 6.07) is 6.63. The Hall–Kier alpha value is -2.74. The van der Waals surface area contributed by atoms with Crippen LogP contribution in [0.5, 0.6) is 0 Å². The van der Waals surface area contributed by atoms with Gasteiger partial charge in [0.25, 0.3) is 5.91 Å². The monoisotopic (exact) mass is 316 g/mol. The number of imidazole rings is 1. The molecule has 7 nitrogen and oxygen atoms in total. The molecular weight excluding hydrogens is 304 g/mol. The highest BCUT2D eigenvalue weighted by atomic mass is 32.1. The van der Waals surface area contributed by atoms with E-state index < -0.39 is 11.9 Å². The van der Waals surface area contributed by atoms with E-state index in [0.29, 0.717) is 10.6 Å². The summed E-state index contributed by atoms with van der Waals surface area (Å²) in [6.07, 6.45) is 1.55. The van der Waals surface area contributed by atoms with Crippen molar-refractivity contribution in [2.45, 2.75) is 6.92 Å². The van der Waals surface area contributed by atoms with E-state index in [9.17, 15) is 9.59 Å². The molecule has 0 atom stereocenters. The summed E-state index contributed by atoms with van der Waals surface area (Å²) < 4.78 is 6.25. The van der Waals surface area contributed by atoms with Gasteiger partial charge in [0, 0.05) is 0 Å². The van der Waals surface area contributed by atoms with Crippen molar-refractivity contribution in [2.75, 3.05) is 12.4 Å². The van der Waals surface area contributed by atoms with E-state index >= 15 is 0 Å². The number of nitrogens with one attached hydrogen (secondary N) is 1. The maximum Gasteiger partial charge on any atom is 0.339 e. The largest absolute Gasteiger partial charge is 0.465 e. The van der Waals surface area contributed by atoms with Crippen LogP contribution in [0.1, 0.15) is 25.9 Å². The number of aryl methyl sites for hydroxylation is 1. The summed E-state index contributed by atoms with van der Waals surface area (Å²) in [5.74, 6) is -0.925. The van der Waals surface area contributed by atoms with E-state index in [4.69, 9.17) is 4.74 Å². The number of para-hydroxylation sites is 1. The Labute approximate surface area is 129 Å². The molecule has 0 aliphatic heterocycles. The number of benzene rings is 1. The minimum absolute atomic E-state index is 0.235. The van der Waals surface area contributed by atoms with Crippen LogP contribution < -0.4 is 5.32 Å². The zero-order chi connectivity index (χ0) is 15.7. The molecule has 1 amide bonds. The Kier molecular flexibility index (Phi) is 3.60. The summed E-state index contributed by atoms with van der Waals surface area (Å²) in [6.45, 7) is 1.87. The van der Waals surface area contributed by atoms with Gasteiger partial charge in [-0.05, 0) is 19.1 Å². The van der Waals surface area contributed by atoms with E-state index in [1.54, 1.807) is 35.0 Å². The summed E-state index contributed by atoms with van der Waals surface area (Å²) in [4.78, 5) is 28.8. The molecule has 3 rings (SSSR count). The van der Waals surface area contributed by atoms with Crippen LogP contribution in [0, 0.1) is 6.92 Å². The highest BCUT2D eigenvalue weighted by molar-refractivity contribution is 7.16. The lowest BCUT2D eigenvalue weighted by molar-refractivity contribution is 0.0602. The summed E-state index contributed by atoms with van der Waals surface area (Å²) in [5.41, 5.74) is 0.895. The van der Waals surface area contributed by atoms with Crippen LogP contribution in [0.2, 0.25) is 0 Å². The Morgan fingerprint density at radius 2 is 2.09 bits per heavy atom. The van der Waals surface area contributed by atoms with E-state index in [1.165, 1.54) is 18.4 Å². The highest BCUT2D eigenvalue weighted by Crippen LogP contribution is 2.18. The number of carbonyl (C=O) groups excluding carboxylic acids is 2. The third-order valence-electron chi connectivity index (χ3n) is 2.96. The molecule has 0 unspecified atom stereocenters. The second-order valence-electron chi connectivity index (χ2n) is 4.47. The number of fused-ring (bicyclic) bond motifs is 1. The van der Waals surface area contributed by atoms with Crippen LogP contribution in [-0.4, -0.2) is 33.6 Å². The van der Waals surface area contributed by atoms with Crippen LogP contribution in [-0.2, 0) is 4.74 Å². The van der Waals surface area contributed by atoms with Gasteiger partial charge in [0.05, 0.1) is 24.6 Å². The predicted octanol–water partition coefficient (Wildman–Crippen LogP) is 2.14. The van der Waals surface area contributed by atoms with Crippen LogP contribution in [0.15, 0.2) is 30.5 Å². The lowest BCUT2D eigenvalue weighted by atomic mass is 10.2. The molecule has 0 bridgehead atoms. The minimum Gasteiger partial charge on any atom is -0.465 e. The smallest absolute Gasteiger partial charge is 0.339 e. The third-order valence-corrected chi connectivity index (χ3v) is 3.80. The van der Waals surface area contributed by atoms with Gasteiger partial charge in [-0.3, -0.25) is 4.79 Å². The minimum atomic E-state index is -0.515. The normalized spacial score (nSPS) is 10.6. The number of hydrogen-bond acceptors (Lipinski definition) is 6. The molecule has 0 radical (unpaired) electrons. The van der Waals surface area contributed by atoms with Gasteiger partial charge >= 0.3 is 5.97 Å². The molecule has 112 valence electrons. The fourth-order valence-electron chi connectivity index (χ4n) is 1.98. The van der Waals surface area contributed by atoms with Gasteiger partial charge in [0.15, 0.2) is 0 Å². The Bertz CT molecular complexity index is 836. The SMILES string of the molecule is COC(=O)c1ccccc1NC(=O)c1cn2nc(C)sc2n1. The number of amides is 1. The van der Waals surface area contributed by atoms with Gasteiger partial charge in [-0.25, -0.2) is 14.3 Å². The molecule has 1 aromatic carbocycles. The fraction of sp³-hybridized carbons (Fsp3) is 0.143. The first-order valence-corrected chi connectivity index (χ1v) is 7.21. The number of anilines is 1. The summed E-state index contributed by atoms with van der Waals surface area (Å²) >= 11 is 1.39. The number of ether oxygens (including phenoxy) is 1. The van der Waals surface area contributed by atoms with Crippen molar-refractivity contribution < 1.29 is 14.3 Å². The van der Waals surface area contributed by atoms with Crippen molar-refractivity contribution in [1.82, 2.24) is 14.6 Å². The van der Waals surface area contributed by atoms with E-state index in [0.717, 1.165) is 5.01 Å². The number of aromatic nitrogens is 3. The second kappa shape index (κ2) is 5.57. The molecular formula is C14H12N4O3S. The molecule has 1 N–H and O–H groups in total. The Balaban J connectivity index is 1.87. The molecule has 0 spiro atoms. The molecule has 0 saturated heterocycles. The van der Waals surface area contributed by atoms with Crippen LogP contribution in [0.25, 0.3) is 4.96 Å². The van der Waals surface area contributed by atoms with Crippen molar-refractivity contribution in [3.05, 3.63) is 46.7 Å². The van der Waals surface area contributed by atoms with Crippen molar-refractivity contribution in [3.63, 3.8) is 0 Å². The van der Waals surface area contributed by atoms with Crippen LogP contribution >= 0.6 is 11.3 Å². The first kappa shape index (κ1) is 14.2. The van der Waals surface area contributed by atoms with Gasteiger partial charge < -0.3 is 10.1 Å². The van der Waals surface area contributed by atoms with Crippen molar-refractivity contribution in [1.29, 1.82) is 0 Å². The number of rotatable bonds is 3. The van der Waals surface area contributed by atoms with Crippen molar-refractivity contribution >= 4 is 33.9 Å². The van der Waals surface area contributed by atoms with Gasteiger partial charge in [-0.1, -0.05) is 23.5 Å². The number of esters is 1.